The molecule has 0 N–H and O–H groups in total. The average Bonchev–Trinajstić information content (AvgIpc) is 2.34. The Hall–Kier alpha value is -1.56. The van der Waals surface area contributed by atoms with Crippen LogP contribution in [-0.4, -0.2) is 0 Å². The largest absolute Gasteiger partial charge is 0.0620 e. The van der Waals surface area contributed by atoms with Gasteiger partial charge in [-0.15, -0.1) is 0 Å². The van der Waals surface area contributed by atoms with Gasteiger partial charge in [-0.25, -0.2) is 0 Å². The van der Waals surface area contributed by atoms with Crippen LogP contribution in [0.4, 0.5) is 0 Å². The molecule has 3 rings (SSSR count). The molecule has 0 heterocycles. The third-order valence-corrected chi connectivity index (χ3v) is 3.95. The van der Waals surface area contributed by atoms with Gasteiger partial charge in [0, 0.05) is 0 Å². The van der Waals surface area contributed by atoms with E-state index in [1.165, 1.54) is 22.3 Å². The molecule has 2 aromatic rings. The van der Waals surface area contributed by atoms with Crippen molar-refractivity contribution in [3.8, 4) is 0 Å². The molecule has 0 nitrogen and oxygen atoms in total. The maximum Gasteiger partial charge on any atom is -0.00171 e. The van der Waals surface area contributed by atoms with E-state index in [9.17, 15) is 0 Å². The van der Waals surface area contributed by atoms with E-state index in [0.29, 0.717) is 0 Å². The van der Waals surface area contributed by atoms with Gasteiger partial charge in [0.05, 0.1) is 0 Å². The molecule has 0 saturated carbocycles. The van der Waals surface area contributed by atoms with Gasteiger partial charge in [0.1, 0.15) is 0 Å². The molecule has 18 heavy (non-hydrogen) atoms. The van der Waals surface area contributed by atoms with Crippen molar-refractivity contribution in [1.82, 2.24) is 0 Å². The van der Waals surface area contributed by atoms with Crippen molar-refractivity contribution in [2.75, 3.05) is 0 Å². The van der Waals surface area contributed by atoms with Crippen molar-refractivity contribution < 1.29 is 0 Å². The molecule has 0 radical (unpaired) electrons. The Morgan fingerprint density at radius 3 is 2.00 bits per heavy atom. The summed E-state index contributed by atoms with van der Waals surface area (Å²) in [6.45, 7) is 6.93. The average molecular weight is 236 g/mol. The van der Waals surface area contributed by atoms with Gasteiger partial charge in [0.25, 0.3) is 0 Å². The van der Waals surface area contributed by atoms with E-state index in [1.807, 2.05) is 0 Å². The van der Waals surface area contributed by atoms with Gasteiger partial charge < -0.3 is 0 Å². The molecule has 0 aromatic heterocycles. The zero-order valence-corrected chi connectivity index (χ0v) is 11.5. The second-order valence-corrected chi connectivity index (χ2v) is 6.32. The number of benzene rings is 2. The van der Waals surface area contributed by atoms with Crippen molar-refractivity contribution in [2.45, 2.75) is 39.0 Å². The first kappa shape index (κ1) is 11.5. The van der Waals surface area contributed by atoms with Crippen LogP contribution in [0.3, 0.4) is 0 Å². The number of fused-ring (bicyclic) bond motifs is 2. The minimum atomic E-state index is 0.234. The van der Waals surface area contributed by atoms with Gasteiger partial charge in [-0.3, -0.25) is 0 Å². The van der Waals surface area contributed by atoms with Gasteiger partial charge in [0.15, 0.2) is 0 Å². The second-order valence-electron chi connectivity index (χ2n) is 6.32. The maximum absolute atomic E-state index is 2.31. The lowest BCUT2D eigenvalue weighted by atomic mass is 9.76. The SMILES string of the molecule is CC(C)(C)c1cccc2c1Cc1ccccc1C2. The predicted octanol–water partition coefficient (Wildman–Crippen LogP) is 4.48. The number of hydrogen-bond acceptors (Lipinski definition) is 0. The highest BCUT2D eigenvalue weighted by Crippen LogP contribution is 2.34. The van der Waals surface area contributed by atoms with E-state index >= 15 is 0 Å². The van der Waals surface area contributed by atoms with Crippen LogP contribution in [0.2, 0.25) is 0 Å². The molecular formula is C18H20. The molecule has 2 aromatic carbocycles. The van der Waals surface area contributed by atoms with Crippen LogP contribution in [0.25, 0.3) is 0 Å². The molecule has 0 fully saturated rings. The van der Waals surface area contributed by atoms with E-state index in [4.69, 9.17) is 0 Å². The highest BCUT2D eigenvalue weighted by atomic mass is 14.3. The maximum atomic E-state index is 2.31. The Balaban J connectivity index is 2.14. The normalized spacial score (nSPS) is 13.9. The molecule has 0 amide bonds. The summed E-state index contributed by atoms with van der Waals surface area (Å²) in [5.41, 5.74) is 7.81. The number of hydrogen-bond donors (Lipinski definition) is 0. The molecule has 0 unspecified atom stereocenters. The van der Waals surface area contributed by atoms with Crippen LogP contribution in [-0.2, 0) is 18.3 Å². The summed E-state index contributed by atoms with van der Waals surface area (Å²) in [6.07, 6.45) is 2.19. The molecular weight excluding hydrogens is 216 g/mol. The summed E-state index contributed by atoms with van der Waals surface area (Å²) in [5, 5.41) is 0. The molecule has 0 aliphatic heterocycles. The Morgan fingerprint density at radius 2 is 1.33 bits per heavy atom. The lowest BCUT2D eigenvalue weighted by molar-refractivity contribution is 0.582. The quantitative estimate of drug-likeness (QED) is 0.540. The van der Waals surface area contributed by atoms with Crippen molar-refractivity contribution in [3.63, 3.8) is 0 Å². The van der Waals surface area contributed by atoms with Crippen LogP contribution in [0.15, 0.2) is 42.5 Å². The minimum Gasteiger partial charge on any atom is -0.0620 e. The van der Waals surface area contributed by atoms with Gasteiger partial charge in [-0.1, -0.05) is 63.2 Å². The Kier molecular flexibility index (Phi) is 2.55. The highest BCUT2D eigenvalue weighted by Gasteiger charge is 2.23. The fourth-order valence-corrected chi connectivity index (χ4v) is 3.01. The standard InChI is InChI=1S/C18H20/c1-18(2,3)17-10-6-9-15-11-13-7-4-5-8-14(13)12-16(15)17/h4-10H,11-12H2,1-3H3. The molecule has 0 heteroatoms. The third kappa shape index (κ3) is 1.86. The smallest absolute Gasteiger partial charge is 0.00171 e. The lowest BCUT2D eigenvalue weighted by Gasteiger charge is -2.28. The van der Waals surface area contributed by atoms with Gasteiger partial charge in [0.2, 0.25) is 0 Å². The zero-order valence-electron chi connectivity index (χ0n) is 11.5. The van der Waals surface area contributed by atoms with Gasteiger partial charge >= 0.3 is 0 Å². The first-order chi connectivity index (χ1) is 8.55. The van der Waals surface area contributed by atoms with E-state index in [-0.39, 0.29) is 5.41 Å². The first-order valence-electron chi connectivity index (χ1n) is 6.74. The first-order valence-corrected chi connectivity index (χ1v) is 6.74. The zero-order chi connectivity index (χ0) is 12.8. The fraction of sp³-hybridized carbons (Fsp3) is 0.333. The van der Waals surface area contributed by atoms with E-state index in [1.54, 1.807) is 5.56 Å². The molecule has 92 valence electrons. The predicted molar refractivity (Wildman–Crippen MR) is 77.2 cm³/mol. The van der Waals surface area contributed by atoms with E-state index in [2.05, 4.69) is 63.2 Å². The summed E-state index contributed by atoms with van der Waals surface area (Å²) in [6, 6.07) is 15.7. The topological polar surface area (TPSA) is 0 Å². The monoisotopic (exact) mass is 236 g/mol. The summed E-state index contributed by atoms with van der Waals surface area (Å²) in [5.74, 6) is 0. The fourth-order valence-electron chi connectivity index (χ4n) is 3.01. The van der Waals surface area contributed by atoms with Crippen LogP contribution in [0.5, 0.6) is 0 Å². The minimum absolute atomic E-state index is 0.234. The van der Waals surface area contributed by atoms with Crippen LogP contribution in [0.1, 0.15) is 48.6 Å². The van der Waals surface area contributed by atoms with Crippen molar-refractivity contribution in [1.29, 1.82) is 0 Å². The Morgan fingerprint density at radius 1 is 0.722 bits per heavy atom. The summed E-state index contributed by atoms with van der Waals surface area (Å²) >= 11 is 0. The van der Waals surface area contributed by atoms with E-state index in [0.717, 1.165) is 12.8 Å². The molecule has 0 bridgehead atoms. The molecule has 0 spiro atoms. The molecule has 1 aliphatic rings. The molecule has 0 atom stereocenters. The van der Waals surface area contributed by atoms with Crippen molar-refractivity contribution >= 4 is 0 Å². The van der Waals surface area contributed by atoms with Crippen LogP contribution >= 0.6 is 0 Å². The lowest BCUT2D eigenvalue weighted by Crippen LogP contribution is -2.18. The Bertz CT molecular complexity index is 585. The molecule has 0 saturated heterocycles. The van der Waals surface area contributed by atoms with Gasteiger partial charge in [-0.2, -0.15) is 0 Å². The van der Waals surface area contributed by atoms with Crippen molar-refractivity contribution in [2.24, 2.45) is 0 Å². The summed E-state index contributed by atoms with van der Waals surface area (Å²) < 4.78 is 0. The van der Waals surface area contributed by atoms with E-state index < -0.39 is 0 Å². The Labute approximate surface area is 110 Å². The van der Waals surface area contributed by atoms with Crippen molar-refractivity contribution in [3.05, 3.63) is 70.3 Å². The van der Waals surface area contributed by atoms with Crippen LogP contribution < -0.4 is 0 Å². The van der Waals surface area contributed by atoms with Gasteiger partial charge in [-0.05, 0) is 46.1 Å². The molecule has 1 aliphatic carbocycles. The highest BCUT2D eigenvalue weighted by molar-refractivity contribution is 5.50. The second kappa shape index (κ2) is 3.98. The number of rotatable bonds is 0. The summed E-state index contributed by atoms with van der Waals surface area (Å²) in [7, 11) is 0. The third-order valence-electron chi connectivity index (χ3n) is 3.95. The van der Waals surface area contributed by atoms with Crippen LogP contribution in [0, 0.1) is 0 Å². The summed E-state index contributed by atoms with van der Waals surface area (Å²) in [4.78, 5) is 0.